The molecule has 1 amide bonds. The Kier molecular flexibility index (Phi) is 6.10. The number of amides is 1. The third-order valence-electron chi connectivity index (χ3n) is 3.23. The quantitative estimate of drug-likeness (QED) is 0.760. The number of rotatable bonds is 6. The molecular weight excluding hydrogens is 347 g/mol. The molecule has 0 saturated carbocycles. The minimum atomic E-state index is -0.243. The van der Waals surface area contributed by atoms with Gasteiger partial charge >= 0.3 is 0 Å². The van der Waals surface area contributed by atoms with E-state index in [4.69, 9.17) is 0 Å². The van der Waals surface area contributed by atoms with Gasteiger partial charge in [0.05, 0.1) is 0 Å². The predicted molar refractivity (Wildman–Crippen MR) is 90.2 cm³/mol. The molecule has 0 radical (unpaired) electrons. The van der Waals surface area contributed by atoms with Crippen molar-refractivity contribution >= 4 is 27.5 Å². The molecule has 116 valence electrons. The van der Waals surface area contributed by atoms with Crippen LogP contribution >= 0.6 is 15.9 Å². The molecule has 0 atom stereocenters. The van der Waals surface area contributed by atoms with Crippen molar-refractivity contribution < 1.29 is 9.18 Å². The van der Waals surface area contributed by atoms with Gasteiger partial charge in [-0.15, -0.1) is 0 Å². The van der Waals surface area contributed by atoms with Crippen LogP contribution in [0.5, 0.6) is 0 Å². The number of carbonyl (C=O) groups is 1. The maximum absolute atomic E-state index is 12.8. The van der Waals surface area contributed by atoms with Crippen LogP contribution in [0.1, 0.15) is 17.5 Å². The highest BCUT2D eigenvalue weighted by molar-refractivity contribution is 9.10. The summed E-state index contributed by atoms with van der Waals surface area (Å²) >= 11 is 3.39. The van der Waals surface area contributed by atoms with E-state index in [0.29, 0.717) is 19.5 Å². The van der Waals surface area contributed by atoms with Crippen molar-refractivity contribution in [3.8, 4) is 0 Å². The van der Waals surface area contributed by atoms with Crippen LogP contribution in [0.25, 0.3) is 0 Å². The molecule has 0 bridgehead atoms. The van der Waals surface area contributed by atoms with E-state index in [1.165, 1.54) is 12.1 Å². The summed E-state index contributed by atoms with van der Waals surface area (Å²) in [5.74, 6) is -0.273. The molecular formula is C17H18BrFN2O. The smallest absolute Gasteiger partial charge is 0.225 e. The highest BCUT2D eigenvalue weighted by atomic mass is 79.9. The van der Waals surface area contributed by atoms with Crippen LogP contribution in [0, 0.1) is 12.7 Å². The third kappa shape index (κ3) is 5.24. The summed E-state index contributed by atoms with van der Waals surface area (Å²) in [6.45, 7) is 3.14. The van der Waals surface area contributed by atoms with E-state index in [1.54, 1.807) is 12.1 Å². The van der Waals surface area contributed by atoms with E-state index in [-0.39, 0.29) is 11.7 Å². The fourth-order valence-corrected chi connectivity index (χ4v) is 2.49. The molecule has 2 rings (SSSR count). The summed E-state index contributed by atoms with van der Waals surface area (Å²) in [5.41, 5.74) is 2.83. The molecule has 3 nitrogen and oxygen atoms in total. The number of anilines is 1. The highest BCUT2D eigenvalue weighted by Gasteiger charge is 2.05. The summed E-state index contributed by atoms with van der Waals surface area (Å²) in [7, 11) is 0. The number of hydrogen-bond donors (Lipinski definition) is 2. The van der Waals surface area contributed by atoms with Crippen molar-refractivity contribution in [3.63, 3.8) is 0 Å². The van der Waals surface area contributed by atoms with Gasteiger partial charge in [0.25, 0.3) is 0 Å². The average molecular weight is 365 g/mol. The molecule has 2 aromatic rings. The minimum Gasteiger partial charge on any atom is -0.326 e. The van der Waals surface area contributed by atoms with Gasteiger partial charge in [-0.05, 0) is 48.4 Å². The van der Waals surface area contributed by atoms with E-state index < -0.39 is 0 Å². The number of carbonyl (C=O) groups excluding carboxylic acids is 1. The van der Waals surface area contributed by atoms with Crippen molar-refractivity contribution in [3.05, 3.63) is 63.9 Å². The van der Waals surface area contributed by atoms with Gasteiger partial charge in [-0.2, -0.15) is 0 Å². The Labute approximate surface area is 138 Å². The standard InChI is InChI=1S/C17H18BrFN2O/c1-12-10-14(18)4-7-16(12)21-17(22)8-9-20-11-13-2-5-15(19)6-3-13/h2-7,10,20H,8-9,11H2,1H3,(H,21,22). The van der Waals surface area contributed by atoms with Crippen LogP contribution in [-0.2, 0) is 11.3 Å². The van der Waals surface area contributed by atoms with E-state index >= 15 is 0 Å². The molecule has 0 spiro atoms. The number of halogens is 2. The Bertz CT molecular complexity index is 644. The van der Waals surface area contributed by atoms with Gasteiger partial charge in [-0.3, -0.25) is 4.79 Å². The molecule has 5 heteroatoms. The van der Waals surface area contributed by atoms with Crippen molar-refractivity contribution in [1.29, 1.82) is 0 Å². The number of benzene rings is 2. The largest absolute Gasteiger partial charge is 0.326 e. The van der Waals surface area contributed by atoms with E-state index in [9.17, 15) is 9.18 Å². The number of aryl methyl sites for hydroxylation is 1. The summed E-state index contributed by atoms with van der Waals surface area (Å²) in [4.78, 5) is 11.9. The summed E-state index contributed by atoms with van der Waals surface area (Å²) in [6, 6.07) is 12.1. The van der Waals surface area contributed by atoms with Crippen LogP contribution in [0.2, 0.25) is 0 Å². The predicted octanol–water partition coefficient (Wildman–Crippen LogP) is 4.02. The van der Waals surface area contributed by atoms with E-state index in [2.05, 4.69) is 26.6 Å². The Morgan fingerprint density at radius 1 is 1.18 bits per heavy atom. The maximum atomic E-state index is 12.8. The summed E-state index contributed by atoms with van der Waals surface area (Å²) < 4.78 is 13.8. The lowest BCUT2D eigenvalue weighted by molar-refractivity contribution is -0.116. The van der Waals surface area contributed by atoms with Crippen LogP contribution in [0.3, 0.4) is 0 Å². The highest BCUT2D eigenvalue weighted by Crippen LogP contribution is 2.20. The summed E-state index contributed by atoms with van der Waals surface area (Å²) in [6.07, 6.45) is 0.386. The normalized spacial score (nSPS) is 10.5. The first-order valence-electron chi connectivity index (χ1n) is 7.06. The Morgan fingerprint density at radius 3 is 2.59 bits per heavy atom. The lowest BCUT2D eigenvalue weighted by atomic mass is 10.2. The van der Waals surface area contributed by atoms with Crippen LogP contribution in [-0.4, -0.2) is 12.5 Å². The van der Waals surface area contributed by atoms with Crippen molar-refractivity contribution in [2.75, 3.05) is 11.9 Å². The van der Waals surface area contributed by atoms with Gasteiger partial charge in [0, 0.05) is 29.7 Å². The minimum absolute atomic E-state index is 0.0305. The number of nitrogens with one attached hydrogen (secondary N) is 2. The van der Waals surface area contributed by atoms with Crippen molar-refractivity contribution in [1.82, 2.24) is 5.32 Å². The van der Waals surface area contributed by atoms with Crippen LogP contribution in [0.15, 0.2) is 46.9 Å². The zero-order valence-corrected chi connectivity index (χ0v) is 13.9. The Morgan fingerprint density at radius 2 is 1.91 bits per heavy atom. The van der Waals surface area contributed by atoms with Gasteiger partial charge in [0.2, 0.25) is 5.91 Å². The molecule has 0 saturated heterocycles. The van der Waals surface area contributed by atoms with Gasteiger partial charge in [0.1, 0.15) is 5.82 Å². The lowest BCUT2D eigenvalue weighted by Crippen LogP contribution is -2.21. The second-order valence-corrected chi connectivity index (χ2v) is 5.98. The third-order valence-corrected chi connectivity index (χ3v) is 3.73. The number of hydrogen-bond acceptors (Lipinski definition) is 2. The second-order valence-electron chi connectivity index (χ2n) is 5.06. The van der Waals surface area contributed by atoms with Crippen LogP contribution < -0.4 is 10.6 Å². The zero-order chi connectivity index (χ0) is 15.9. The molecule has 0 aromatic heterocycles. The lowest BCUT2D eigenvalue weighted by Gasteiger charge is -2.09. The first-order chi connectivity index (χ1) is 10.5. The SMILES string of the molecule is Cc1cc(Br)ccc1NC(=O)CCNCc1ccc(F)cc1. The second kappa shape index (κ2) is 8.06. The topological polar surface area (TPSA) is 41.1 Å². The molecule has 0 fully saturated rings. The first kappa shape index (κ1) is 16.6. The van der Waals surface area contributed by atoms with E-state index in [1.807, 2.05) is 25.1 Å². The molecule has 22 heavy (non-hydrogen) atoms. The molecule has 0 heterocycles. The first-order valence-corrected chi connectivity index (χ1v) is 7.85. The van der Waals surface area contributed by atoms with Gasteiger partial charge in [-0.25, -0.2) is 4.39 Å². The average Bonchev–Trinajstić information content (AvgIpc) is 2.48. The molecule has 0 aliphatic carbocycles. The van der Waals surface area contributed by atoms with Crippen molar-refractivity contribution in [2.45, 2.75) is 19.9 Å². The van der Waals surface area contributed by atoms with E-state index in [0.717, 1.165) is 21.3 Å². The van der Waals surface area contributed by atoms with Crippen LogP contribution in [0.4, 0.5) is 10.1 Å². The molecule has 2 N–H and O–H groups in total. The maximum Gasteiger partial charge on any atom is 0.225 e. The zero-order valence-electron chi connectivity index (χ0n) is 12.3. The van der Waals surface area contributed by atoms with Crippen molar-refractivity contribution in [2.24, 2.45) is 0 Å². The Balaban J connectivity index is 1.72. The fourth-order valence-electron chi connectivity index (χ4n) is 2.02. The summed E-state index contributed by atoms with van der Waals surface area (Å²) in [5, 5.41) is 6.06. The monoisotopic (exact) mass is 364 g/mol. The van der Waals surface area contributed by atoms with Gasteiger partial charge in [0.15, 0.2) is 0 Å². The fraction of sp³-hybridized carbons (Fsp3) is 0.235. The molecule has 0 aliphatic heterocycles. The van der Waals surface area contributed by atoms with Gasteiger partial charge in [-0.1, -0.05) is 28.1 Å². The van der Waals surface area contributed by atoms with Gasteiger partial charge < -0.3 is 10.6 Å². The molecule has 0 aliphatic rings. The Hall–Kier alpha value is -1.72. The molecule has 2 aromatic carbocycles. The molecule has 0 unspecified atom stereocenters.